The molecule has 110 valence electrons. The number of nitrogens with zero attached hydrogens (tertiary/aromatic N) is 1. The fraction of sp³-hybridized carbons (Fsp3) is 0.231. The van der Waals surface area contributed by atoms with Gasteiger partial charge in [0.15, 0.2) is 11.8 Å². The van der Waals surface area contributed by atoms with E-state index >= 15 is 0 Å². The third-order valence-corrected chi connectivity index (χ3v) is 2.90. The van der Waals surface area contributed by atoms with Gasteiger partial charge in [-0.25, -0.2) is 9.89 Å². The number of nitrogens with one attached hydrogen (secondary N) is 2. The fourth-order valence-electron chi connectivity index (χ4n) is 1.82. The van der Waals surface area contributed by atoms with Crippen molar-refractivity contribution in [3.8, 4) is 0 Å². The van der Waals surface area contributed by atoms with Crippen LogP contribution < -0.4 is 10.9 Å². The van der Waals surface area contributed by atoms with Crippen LogP contribution in [0.15, 0.2) is 29.1 Å². The van der Waals surface area contributed by atoms with Crippen molar-refractivity contribution in [2.75, 3.05) is 6.54 Å². The van der Waals surface area contributed by atoms with Crippen LogP contribution in [0.1, 0.15) is 16.9 Å². The molecule has 0 bridgehead atoms. The lowest BCUT2D eigenvalue weighted by atomic mass is 10.1. The maximum Gasteiger partial charge on any atom is 0.332 e. The lowest BCUT2D eigenvalue weighted by Crippen LogP contribution is -2.31. The number of aliphatic carboxylic acids is 1. The molecule has 0 fully saturated rings. The minimum absolute atomic E-state index is 0.0264. The number of aromatic nitrogens is 2. The Morgan fingerprint density at radius 3 is 2.62 bits per heavy atom. The van der Waals surface area contributed by atoms with Crippen molar-refractivity contribution >= 4 is 22.6 Å². The molecular formula is C13H13N3O5. The first kappa shape index (κ1) is 14.7. The Hall–Kier alpha value is -2.74. The van der Waals surface area contributed by atoms with Crippen LogP contribution >= 0.6 is 0 Å². The normalized spacial score (nSPS) is 12.0. The molecule has 0 saturated heterocycles. The van der Waals surface area contributed by atoms with Crippen LogP contribution in [0.5, 0.6) is 0 Å². The summed E-state index contributed by atoms with van der Waals surface area (Å²) in [6, 6.07) is 6.51. The third-order valence-electron chi connectivity index (χ3n) is 2.90. The van der Waals surface area contributed by atoms with Gasteiger partial charge in [-0.05, 0) is 6.07 Å². The summed E-state index contributed by atoms with van der Waals surface area (Å²) in [5.41, 5.74) is -0.363. The molecule has 8 nitrogen and oxygen atoms in total. The number of hydrogen-bond acceptors (Lipinski definition) is 5. The number of aliphatic hydroxyl groups is 1. The van der Waals surface area contributed by atoms with E-state index in [9.17, 15) is 14.4 Å². The molecule has 2 aromatic rings. The van der Waals surface area contributed by atoms with Crippen molar-refractivity contribution in [2.45, 2.75) is 12.5 Å². The molecule has 8 heteroatoms. The number of benzene rings is 1. The highest BCUT2D eigenvalue weighted by Crippen LogP contribution is 2.11. The van der Waals surface area contributed by atoms with Gasteiger partial charge in [-0.1, -0.05) is 18.2 Å². The third kappa shape index (κ3) is 3.23. The highest BCUT2D eigenvalue weighted by atomic mass is 16.4. The zero-order chi connectivity index (χ0) is 15.4. The molecule has 0 unspecified atom stereocenters. The maximum absolute atomic E-state index is 12.0. The molecule has 0 aliphatic rings. The summed E-state index contributed by atoms with van der Waals surface area (Å²) in [4.78, 5) is 34.0. The average Bonchev–Trinajstić information content (AvgIpc) is 2.47. The number of rotatable bonds is 5. The zero-order valence-electron chi connectivity index (χ0n) is 10.9. The lowest BCUT2D eigenvalue weighted by molar-refractivity contribution is -0.146. The molecule has 1 heterocycles. The van der Waals surface area contributed by atoms with Crippen LogP contribution in [0, 0.1) is 0 Å². The van der Waals surface area contributed by atoms with E-state index in [-0.39, 0.29) is 18.7 Å². The summed E-state index contributed by atoms with van der Waals surface area (Å²) in [5, 5.41) is 26.8. The number of carboxylic acids is 1. The van der Waals surface area contributed by atoms with E-state index in [4.69, 9.17) is 10.2 Å². The van der Waals surface area contributed by atoms with Crippen molar-refractivity contribution in [3.05, 3.63) is 40.3 Å². The second-order valence-electron chi connectivity index (χ2n) is 4.35. The number of fused-ring (bicyclic) bond motifs is 1. The quantitative estimate of drug-likeness (QED) is 0.586. The van der Waals surface area contributed by atoms with Gasteiger partial charge < -0.3 is 15.5 Å². The molecule has 1 amide bonds. The van der Waals surface area contributed by atoms with E-state index in [0.29, 0.717) is 10.8 Å². The van der Waals surface area contributed by atoms with Gasteiger partial charge in [-0.2, -0.15) is 5.10 Å². The van der Waals surface area contributed by atoms with Gasteiger partial charge in [0, 0.05) is 18.4 Å². The Morgan fingerprint density at radius 2 is 1.95 bits per heavy atom. The summed E-state index contributed by atoms with van der Waals surface area (Å²) in [7, 11) is 0. The Balaban J connectivity index is 2.15. The number of aromatic amines is 1. The molecule has 0 radical (unpaired) electrons. The summed E-state index contributed by atoms with van der Waals surface area (Å²) < 4.78 is 0. The molecule has 1 aromatic carbocycles. The van der Waals surface area contributed by atoms with Crippen molar-refractivity contribution in [3.63, 3.8) is 0 Å². The summed E-state index contributed by atoms with van der Waals surface area (Å²) in [5.74, 6) is -1.91. The number of amides is 1. The first-order chi connectivity index (χ1) is 10.0. The monoisotopic (exact) mass is 291 g/mol. The van der Waals surface area contributed by atoms with E-state index in [1.165, 1.54) is 0 Å². The van der Waals surface area contributed by atoms with Crippen LogP contribution in [0.2, 0.25) is 0 Å². The molecule has 4 N–H and O–H groups in total. The molecule has 21 heavy (non-hydrogen) atoms. The molecule has 0 spiro atoms. The van der Waals surface area contributed by atoms with Crippen molar-refractivity contribution in [1.29, 1.82) is 0 Å². The van der Waals surface area contributed by atoms with E-state index in [2.05, 4.69) is 15.5 Å². The van der Waals surface area contributed by atoms with Gasteiger partial charge in [0.2, 0.25) is 0 Å². The number of hydrogen-bond donors (Lipinski definition) is 4. The predicted octanol–water partition coefficient (Wildman–Crippen LogP) is -0.511. The standard InChI is InChI=1S/C13H13N3O5/c17-9(13(20)21)5-6-14-12(19)10-7-3-1-2-4-8(7)11(18)16-15-10/h1-4,9,17H,5-6H2,(H,14,19)(H,16,18)(H,20,21)/t9-/m0/s1. The molecule has 0 aliphatic heterocycles. The summed E-state index contributed by atoms with van der Waals surface area (Å²) in [6.07, 6.45) is -1.66. The first-order valence-corrected chi connectivity index (χ1v) is 6.17. The molecule has 0 aliphatic carbocycles. The van der Waals surface area contributed by atoms with Crippen LogP contribution in [0.25, 0.3) is 10.8 Å². The topological polar surface area (TPSA) is 132 Å². The number of carbonyl (C=O) groups is 2. The van der Waals surface area contributed by atoms with Gasteiger partial charge in [0.25, 0.3) is 11.5 Å². The van der Waals surface area contributed by atoms with Gasteiger partial charge >= 0.3 is 5.97 Å². The van der Waals surface area contributed by atoms with Gasteiger partial charge in [0.1, 0.15) is 0 Å². The van der Waals surface area contributed by atoms with E-state index in [1.54, 1.807) is 24.3 Å². The Labute approximate surface area is 118 Å². The zero-order valence-corrected chi connectivity index (χ0v) is 10.9. The average molecular weight is 291 g/mol. The summed E-state index contributed by atoms with van der Waals surface area (Å²) >= 11 is 0. The second kappa shape index (κ2) is 6.14. The van der Waals surface area contributed by atoms with E-state index in [1.807, 2.05) is 0 Å². The summed E-state index contributed by atoms with van der Waals surface area (Å²) in [6.45, 7) is -0.0264. The molecule has 0 saturated carbocycles. The van der Waals surface area contributed by atoms with Crippen molar-refractivity contribution in [2.24, 2.45) is 0 Å². The number of H-pyrrole nitrogens is 1. The smallest absolute Gasteiger partial charge is 0.332 e. The molecule has 1 atom stereocenters. The fourth-order valence-corrected chi connectivity index (χ4v) is 1.82. The van der Waals surface area contributed by atoms with Gasteiger partial charge in [-0.3, -0.25) is 9.59 Å². The first-order valence-electron chi connectivity index (χ1n) is 6.17. The predicted molar refractivity (Wildman–Crippen MR) is 73.0 cm³/mol. The van der Waals surface area contributed by atoms with Crippen molar-refractivity contribution in [1.82, 2.24) is 15.5 Å². The number of aliphatic hydroxyl groups excluding tert-OH is 1. The van der Waals surface area contributed by atoms with E-state index in [0.717, 1.165) is 0 Å². The van der Waals surface area contributed by atoms with Gasteiger partial charge in [0.05, 0.1) is 5.39 Å². The minimum atomic E-state index is -1.54. The van der Waals surface area contributed by atoms with E-state index < -0.39 is 23.5 Å². The van der Waals surface area contributed by atoms with Crippen LogP contribution in [0.4, 0.5) is 0 Å². The van der Waals surface area contributed by atoms with Crippen LogP contribution in [0.3, 0.4) is 0 Å². The molecule has 2 rings (SSSR count). The van der Waals surface area contributed by atoms with Crippen LogP contribution in [-0.4, -0.2) is 44.9 Å². The largest absolute Gasteiger partial charge is 0.479 e. The van der Waals surface area contributed by atoms with Crippen molar-refractivity contribution < 1.29 is 19.8 Å². The number of carbonyl (C=O) groups excluding carboxylic acids is 1. The molecule has 1 aromatic heterocycles. The Morgan fingerprint density at radius 1 is 1.29 bits per heavy atom. The SMILES string of the molecule is O=C(NCC[C@H](O)C(=O)O)c1n[nH]c(=O)c2ccccc12. The molecular weight excluding hydrogens is 278 g/mol. The highest BCUT2D eigenvalue weighted by Gasteiger charge is 2.16. The highest BCUT2D eigenvalue weighted by molar-refractivity contribution is 6.04. The van der Waals surface area contributed by atoms with Crippen LogP contribution in [-0.2, 0) is 4.79 Å². The Bertz CT molecular complexity index is 740. The minimum Gasteiger partial charge on any atom is -0.479 e. The second-order valence-corrected chi connectivity index (χ2v) is 4.35. The number of carboxylic acid groups (broad SMARTS) is 1. The lowest BCUT2D eigenvalue weighted by Gasteiger charge is -2.08. The maximum atomic E-state index is 12.0. The Kier molecular flexibility index (Phi) is 4.29. The van der Waals surface area contributed by atoms with Gasteiger partial charge in [-0.15, -0.1) is 0 Å².